The minimum absolute atomic E-state index is 0.202. The van der Waals surface area contributed by atoms with E-state index in [2.05, 4.69) is 9.97 Å². The van der Waals surface area contributed by atoms with Crippen LogP contribution in [0.5, 0.6) is 5.75 Å². The van der Waals surface area contributed by atoms with Crippen molar-refractivity contribution < 1.29 is 17.9 Å². The van der Waals surface area contributed by atoms with Gasteiger partial charge >= 0.3 is 0 Å². The normalized spacial score (nSPS) is 10.8. The van der Waals surface area contributed by atoms with Gasteiger partial charge in [-0.15, -0.1) is 0 Å². The monoisotopic (exact) mass is 344 g/mol. The standard InChI is InChI=1S/C19H15F3N2O/c1-11-8-23-19(24-9-11)13-5-17(21)15(18(22)6-13)10-25-14-4-3-12(2)16(20)7-14/h3-9H,10H2,1-2H3. The van der Waals surface area contributed by atoms with Crippen LogP contribution in [0.15, 0.2) is 42.7 Å². The molecule has 25 heavy (non-hydrogen) atoms. The first kappa shape index (κ1) is 17.0. The quantitative estimate of drug-likeness (QED) is 0.685. The van der Waals surface area contributed by atoms with Gasteiger partial charge in [-0.3, -0.25) is 0 Å². The molecule has 0 amide bonds. The molecule has 0 aliphatic heterocycles. The molecule has 0 spiro atoms. The number of aromatic nitrogens is 2. The molecule has 0 aliphatic carbocycles. The van der Waals surface area contributed by atoms with Crippen LogP contribution in [0.4, 0.5) is 13.2 Å². The lowest BCUT2D eigenvalue weighted by Crippen LogP contribution is -2.03. The van der Waals surface area contributed by atoms with Crippen molar-refractivity contribution in [2.75, 3.05) is 0 Å². The Labute approximate surface area is 143 Å². The summed E-state index contributed by atoms with van der Waals surface area (Å²) in [5.74, 6) is -1.55. The highest BCUT2D eigenvalue weighted by Crippen LogP contribution is 2.24. The van der Waals surface area contributed by atoms with Gasteiger partial charge < -0.3 is 4.74 Å². The Morgan fingerprint density at radius 2 is 1.52 bits per heavy atom. The summed E-state index contributed by atoms with van der Waals surface area (Å²) in [5.41, 5.74) is 1.31. The van der Waals surface area contributed by atoms with Crippen LogP contribution in [0.2, 0.25) is 0 Å². The molecule has 3 nitrogen and oxygen atoms in total. The number of rotatable bonds is 4. The Balaban J connectivity index is 1.82. The van der Waals surface area contributed by atoms with E-state index in [0.717, 1.165) is 17.7 Å². The van der Waals surface area contributed by atoms with E-state index in [9.17, 15) is 13.2 Å². The molecule has 0 atom stereocenters. The molecule has 0 fully saturated rings. The topological polar surface area (TPSA) is 35.0 Å². The molecule has 128 valence electrons. The highest BCUT2D eigenvalue weighted by molar-refractivity contribution is 5.55. The summed E-state index contributed by atoms with van der Waals surface area (Å²) >= 11 is 0. The average molecular weight is 344 g/mol. The zero-order chi connectivity index (χ0) is 18.0. The van der Waals surface area contributed by atoms with E-state index in [1.807, 2.05) is 6.92 Å². The molecule has 0 saturated carbocycles. The fraction of sp³-hybridized carbons (Fsp3) is 0.158. The summed E-state index contributed by atoms with van der Waals surface area (Å²) in [6.07, 6.45) is 3.14. The molecule has 2 aromatic carbocycles. The van der Waals surface area contributed by atoms with Crippen LogP contribution in [-0.2, 0) is 6.61 Å². The van der Waals surface area contributed by atoms with Gasteiger partial charge in [0.1, 0.15) is 29.8 Å². The lowest BCUT2D eigenvalue weighted by atomic mass is 10.1. The van der Waals surface area contributed by atoms with E-state index in [0.29, 0.717) is 5.56 Å². The van der Waals surface area contributed by atoms with Crippen LogP contribution in [0.25, 0.3) is 11.4 Å². The maximum Gasteiger partial charge on any atom is 0.159 e. The Kier molecular flexibility index (Phi) is 4.70. The van der Waals surface area contributed by atoms with Crippen LogP contribution in [0.1, 0.15) is 16.7 Å². The molecular weight excluding hydrogens is 329 g/mol. The van der Waals surface area contributed by atoms with Gasteiger partial charge in [0, 0.05) is 24.0 Å². The first-order valence-electron chi connectivity index (χ1n) is 7.60. The molecule has 1 heterocycles. The van der Waals surface area contributed by atoms with E-state index < -0.39 is 17.5 Å². The zero-order valence-electron chi connectivity index (χ0n) is 13.7. The van der Waals surface area contributed by atoms with Gasteiger partial charge in [0.2, 0.25) is 0 Å². The van der Waals surface area contributed by atoms with Crippen LogP contribution < -0.4 is 4.74 Å². The second kappa shape index (κ2) is 6.93. The molecule has 1 aromatic heterocycles. The minimum atomic E-state index is -0.772. The van der Waals surface area contributed by atoms with E-state index in [1.54, 1.807) is 25.4 Å². The average Bonchev–Trinajstić information content (AvgIpc) is 2.57. The number of nitrogens with zero attached hydrogens (tertiary/aromatic N) is 2. The van der Waals surface area contributed by atoms with Gasteiger partial charge in [0.05, 0.1) is 5.56 Å². The summed E-state index contributed by atoms with van der Waals surface area (Å²) in [6.45, 7) is 3.08. The van der Waals surface area contributed by atoms with Crippen molar-refractivity contribution >= 4 is 0 Å². The summed E-state index contributed by atoms with van der Waals surface area (Å²) < 4.78 is 47.3. The Hall–Kier alpha value is -2.89. The van der Waals surface area contributed by atoms with Crippen molar-refractivity contribution in [2.24, 2.45) is 0 Å². The Morgan fingerprint density at radius 3 is 2.12 bits per heavy atom. The first-order chi connectivity index (χ1) is 11.9. The first-order valence-corrected chi connectivity index (χ1v) is 7.60. The van der Waals surface area contributed by atoms with Crippen LogP contribution >= 0.6 is 0 Å². The van der Waals surface area contributed by atoms with E-state index >= 15 is 0 Å². The molecule has 3 rings (SSSR count). The summed E-state index contributed by atoms with van der Waals surface area (Å²) in [7, 11) is 0. The lowest BCUT2D eigenvalue weighted by molar-refractivity contribution is 0.291. The zero-order valence-corrected chi connectivity index (χ0v) is 13.7. The predicted molar refractivity (Wildman–Crippen MR) is 87.6 cm³/mol. The van der Waals surface area contributed by atoms with Crippen molar-refractivity contribution in [2.45, 2.75) is 20.5 Å². The fourth-order valence-corrected chi connectivity index (χ4v) is 2.23. The van der Waals surface area contributed by atoms with Crippen LogP contribution in [0, 0.1) is 31.3 Å². The van der Waals surface area contributed by atoms with Crippen LogP contribution in [0.3, 0.4) is 0 Å². The van der Waals surface area contributed by atoms with Gasteiger partial charge in [-0.2, -0.15) is 0 Å². The highest BCUT2D eigenvalue weighted by Gasteiger charge is 2.14. The molecule has 0 saturated heterocycles. The summed E-state index contributed by atoms with van der Waals surface area (Å²) in [4.78, 5) is 8.11. The minimum Gasteiger partial charge on any atom is -0.489 e. The van der Waals surface area contributed by atoms with Gasteiger partial charge in [0.15, 0.2) is 5.82 Å². The van der Waals surface area contributed by atoms with Crippen molar-refractivity contribution in [1.82, 2.24) is 9.97 Å². The molecule has 0 aliphatic rings. The number of hydrogen-bond acceptors (Lipinski definition) is 3. The molecule has 0 radical (unpaired) electrons. The second-order valence-corrected chi connectivity index (χ2v) is 5.70. The fourth-order valence-electron chi connectivity index (χ4n) is 2.23. The summed E-state index contributed by atoms with van der Waals surface area (Å²) in [6, 6.07) is 6.57. The van der Waals surface area contributed by atoms with E-state index in [1.165, 1.54) is 12.1 Å². The van der Waals surface area contributed by atoms with E-state index in [4.69, 9.17) is 4.74 Å². The Bertz CT molecular complexity index is 888. The molecule has 0 bridgehead atoms. The maximum atomic E-state index is 14.3. The number of halogens is 3. The predicted octanol–water partition coefficient (Wildman–Crippen LogP) is 4.76. The largest absolute Gasteiger partial charge is 0.489 e. The number of hydrogen-bond donors (Lipinski definition) is 0. The van der Waals surface area contributed by atoms with Gasteiger partial charge in [0.25, 0.3) is 0 Å². The Morgan fingerprint density at radius 1 is 0.880 bits per heavy atom. The lowest BCUT2D eigenvalue weighted by Gasteiger charge is -2.10. The molecular formula is C19H15F3N2O. The molecule has 0 N–H and O–H groups in total. The molecule has 0 unspecified atom stereocenters. The third-order valence-electron chi connectivity index (χ3n) is 3.71. The van der Waals surface area contributed by atoms with Gasteiger partial charge in [-0.25, -0.2) is 23.1 Å². The van der Waals surface area contributed by atoms with Crippen molar-refractivity contribution in [3.8, 4) is 17.1 Å². The number of ether oxygens (including phenoxy) is 1. The van der Waals surface area contributed by atoms with Gasteiger partial charge in [-0.05, 0) is 43.2 Å². The van der Waals surface area contributed by atoms with Gasteiger partial charge in [-0.1, -0.05) is 6.07 Å². The molecule has 3 aromatic rings. The van der Waals surface area contributed by atoms with E-state index in [-0.39, 0.29) is 29.3 Å². The second-order valence-electron chi connectivity index (χ2n) is 5.70. The highest BCUT2D eigenvalue weighted by atomic mass is 19.1. The smallest absolute Gasteiger partial charge is 0.159 e. The third kappa shape index (κ3) is 3.79. The van der Waals surface area contributed by atoms with Crippen LogP contribution in [-0.4, -0.2) is 9.97 Å². The SMILES string of the molecule is Cc1cnc(-c2cc(F)c(COc3ccc(C)c(F)c3)c(F)c2)nc1. The molecule has 6 heteroatoms. The third-order valence-corrected chi connectivity index (χ3v) is 3.71. The number of aryl methyl sites for hydroxylation is 2. The van der Waals surface area contributed by atoms with Crippen molar-refractivity contribution in [3.63, 3.8) is 0 Å². The van der Waals surface area contributed by atoms with Crippen molar-refractivity contribution in [3.05, 3.63) is 76.9 Å². The van der Waals surface area contributed by atoms with Crippen molar-refractivity contribution in [1.29, 1.82) is 0 Å². The summed E-state index contributed by atoms with van der Waals surface area (Å²) in [5, 5.41) is 0. The number of benzene rings is 2. The maximum absolute atomic E-state index is 14.3.